The number of aliphatic hydroxyl groups excluding tert-OH is 2. The fourth-order valence-corrected chi connectivity index (χ4v) is 16.6. The second kappa shape index (κ2) is 36.8. The van der Waals surface area contributed by atoms with Crippen molar-refractivity contribution in [2.45, 2.75) is 93.0 Å². The molecular formula is C103H90O20. The maximum absolute atomic E-state index is 12.5. The first-order valence-electron chi connectivity index (χ1n) is 39.8. The van der Waals surface area contributed by atoms with Crippen LogP contribution in [0.5, 0.6) is 0 Å². The predicted molar refractivity (Wildman–Crippen MR) is 475 cm³/mol. The van der Waals surface area contributed by atoms with Gasteiger partial charge < -0.3 is 61.5 Å². The second-order valence-corrected chi connectivity index (χ2v) is 29.9. The molecule has 0 fully saturated rings. The molecule has 3 unspecified atom stereocenters. The Hall–Kier alpha value is -14.3. The predicted octanol–water partition coefficient (Wildman–Crippen LogP) is 20.4. The quantitative estimate of drug-likeness (QED) is 0.0384. The van der Waals surface area contributed by atoms with Gasteiger partial charge in [-0.05, 0) is 178 Å². The average Bonchev–Trinajstić information content (AvgIpc) is 1.70. The lowest BCUT2D eigenvalue weighted by Gasteiger charge is -2.30. The first kappa shape index (κ1) is 86.6. The van der Waals surface area contributed by atoms with E-state index < -0.39 is 22.8 Å². The number of allylic oxidation sites excluding steroid dienone is 2. The van der Waals surface area contributed by atoms with Crippen molar-refractivity contribution in [3.8, 4) is 0 Å². The Morgan fingerprint density at radius 1 is 0.350 bits per heavy atom. The normalized spacial score (nSPS) is 16.2. The van der Waals surface area contributed by atoms with E-state index in [0.29, 0.717) is 79.7 Å². The maximum Gasteiger partial charge on any atom is 0.330 e. The van der Waals surface area contributed by atoms with Gasteiger partial charge in [0.1, 0.15) is 46.1 Å². The largest absolute Gasteiger partial charge is 0.463 e. The lowest BCUT2D eigenvalue weighted by Crippen LogP contribution is -2.32. The molecule has 15 aromatic rings. The standard InChI is InChI=1S/C19H18O3.C18H16O5.C17H16O2.C17H14O2.C16H14O4.C16H12O4/c1-4-21-17(20)10-9-14-11-22-19-13(3)16-8-6-5-7-15(16)12(2)18(14)19;1-3-22-14(19)9-8-11-10-23-17-15(11)18(2,21)13-7-5-4-6-12(13)16(17)20;2*1-11-14-7-3-4-8-15(14)12(2)17-16(11)13(10-19-17)6-5-9-18;2*1-16(19)12-7-3-2-6-11(12)14(18)15-13(16)10(9-20-15)5-4-8-17/h5-11H,4H2,1-3H3;4-10,21H,3H2,1-2H3;3-8,10,18H,9H2,1-2H3;3-10H,1-2H3;2-7,9,17,19H,8H2,1H3;2-9,19H,1H3/b10-9+;9-8-;2*6-5-;2*5-4-. The number of ether oxygens (including phenoxy) is 2. The van der Waals surface area contributed by atoms with Gasteiger partial charge >= 0.3 is 11.9 Å². The summed E-state index contributed by atoms with van der Waals surface area (Å²) >= 11 is 0. The molecule has 0 spiro atoms. The molecule has 123 heavy (non-hydrogen) atoms. The summed E-state index contributed by atoms with van der Waals surface area (Å²) < 4.78 is 43.0. The van der Waals surface area contributed by atoms with Gasteiger partial charge in [-0.15, -0.1) is 0 Å². The second-order valence-electron chi connectivity index (χ2n) is 29.9. The molecule has 9 aromatic carbocycles. The molecule has 0 saturated heterocycles. The third-order valence-corrected chi connectivity index (χ3v) is 22.3. The van der Waals surface area contributed by atoms with E-state index in [0.717, 1.165) is 72.6 Å². The molecular weight excluding hydrogens is 1560 g/mol. The molecule has 5 N–H and O–H groups in total. The third-order valence-electron chi connectivity index (χ3n) is 22.3. The zero-order chi connectivity index (χ0) is 87.8. The van der Waals surface area contributed by atoms with Gasteiger partial charge in [0.15, 0.2) is 17.3 Å². The minimum absolute atomic E-state index is 0.0400. The molecule has 20 nitrogen and oxygen atoms in total. The summed E-state index contributed by atoms with van der Waals surface area (Å²) in [6, 6.07) is 45.7. The van der Waals surface area contributed by atoms with Gasteiger partial charge in [-0.3, -0.25) is 24.0 Å². The van der Waals surface area contributed by atoms with Crippen molar-refractivity contribution in [2.24, 2.45) is 0 Å². The van der Waals surface area contributed by atoms with Crippen molar-refractivity contribution in [3.63, 3.8) is 0 Å². The van der Waals surface area contributed by atoms with Crippen LogP contribution in [0.1, 0.15) is 183 Å². The molecule has 3 atom stereocenters. The highest BCUT2D eigenvalue weighted by Gasteiger charge is 2.45. The Balaban J connectivity index is 0.000000127. The van der Waals surface area contributed by atoms with E-state index in [4.69, 9.17) is 46.2 Å². The highest BCUT2D eigenvalue weighted by molar-refractivity contribution is 6.15. The number of carbonyl (C=O) groups is 7. The number of hydrogen-bond acceptors (Lipinski definition) is 20. The van der Waals surface area contributed by atoms with Crippen LogP contribution < -0.4 is 0 Å². The van der Waals surface area contributed by atoms with Gasteiger partial charge in [0, 0.05) is 112 Å². The third kappa shape index (κ3) is 16.6. The fraction of sp³-hybridized carbons (Fsp3) is 0.175. The summed E-state index contributed by atoms with van der Waals surface area (Å²) in [5, 5.41) is 61.1. The summed E-state index contributed by atoms with van der Waals surface area (Å²) in [5.74, 6) is -1.23. The fourth-order valence-electron chi connectivity index (χ4n) is 16.6. The molecule has 0 amide bonds. The molecule has 0 aliphatic heterocycles. The van der Waals surface area contributed by atoms with Crippen molar-refractivity contribution >= 4 is 144 Å². The Kier molecular flexibility index (Phi) is 25.9. The lowest BCUT2D eigenvalue weighted by atomic mass is 9.77. The molecule has 6 aromatic heterocycles. The Bertz CT molecular complexity index is 6830. The molecule has 20 heteroatoms. The molecule has 0 saturated carbocycles. The smallest absolute Gasteiger partial charge is 0.330 e. The van der Waals surface area contributed by atoms with E-state index in [9.17, 15) is 48.9 Å². The summed E-state index contributed by atoms with van der Waals surface area (Å²) in [7, 11) is 0. The zero-order valence-corrected chi connectivity index (χ0v) is 69.6. The van der Waals surface area contributed by atoms with Crippen LogP contribution in [0.3, 0.4) is 0 Å². The number of ketones is 3. The number of furan rings is 6. The summed E-state index contributed by atoms with van der Waals surface area (Å²) in [4.78, 5) is 81.2. The summed E-state index contributed by atoms with van der Waals surface area (Å²) in [6.07, 6.45) is 29.6. The molecule has 18 rings (SSSR count). The Morgan fingerprint density at radius 3 is 0.919 bits per heavy atom. The monoisotopic (exact) mass is 1650 g/mol. The van der Waals surface area contributed by atoms with Gasteiger partial charge in [-0.1, -0.05) is 170 Å². The van der Waals surface area contributed by atoms with Crippen molar-refractivity contribution in [2.75, 3.05) is 26.4 Å². The van der Waals surface area contributed by atoms with Crippen LogP contribution >= 0.6 is 0 Å². The van der Waals surface area contributed by atoms with Gasteiger partial charge in [-0.2, -0.15) is 0 Å². The average molecular weight is 1650 g/mol. The number of aldehydes is 2. The zero-order valence-electron chi connectivity index (χ0n) is 69.6. The van der Waals surface area contributed by atoms with Crippen molar-refractivity contribution in [3.05, 3.63) is 354 Å². The van der Waals surface area contributed by atoms with E-state index >= 15 is 0 Å². The van der Waals surface area contributed by atoms with Crippen molar-refractivity contribution in [1.29, 1.82) is 0 Å². The minimum Gasteiger partial charge on any atom is -0.463 e. The number of hydrogen-bond donors (Lipinski definition) is 5. The number of aryl methyl sites for hydroxylation is 6. The summed E-state index contributed by atoms with van der Waals surface area (Å²) in [6.45, 7) is 21.5. The van der Waals surface area contributed by atoms with Crippen LogP contribution in [0, 0.1) is 41.5 Å². The molecule has 0 bridgehead atoms. The number of benzene rings is 9. The van der Waals surface area contributed by atoms with E-state index in [1.165, 1.54) is 110 Å². The molecule has 6 heterocycles. The first-order valence-corrected chi connectivity index (χ1v) is 39.8. The van der Waals surface area contributed by atoms with Crippen molar-refractivity contribution < 1.29 is 95.1 Å². The topological polar surface area (TPSA) is 318 Å². The number of rotatable bonds is 14. The van der Waals surface area contributed by atoms with Crippen LogP contribution in [-0.4, -0.2) is 93.8 Å². The van der Waals surface area contributed by atoms with E-state index in [1.54, 1.807) is 151 Å². The van der Waals surface area contributed by atoms with Gasteiger partial charge in [-0.25, -0.2) is 9.59 Å². The van der Waals surface area contributed by atoms with Crippen LogP contribution in [-0.2, 0) is 45.5 Å². The van der Waals surface area contributed by atoms with Crippen LogP contribution in [0.25, 0.3) is 102 Å². The SMILES string of the molecule is CC1(O)c2ccccc2C(=O)c2occ(/C=C\C=O)c21.CC1(O)c2ccccc2C(=O)c2occ(/C=C\CO)c21.CCOC(=O)/C=C/c1coc2c(C)c3ccccc3c(C)c12.CCOC(=O)/C=C\c1coc2c1C(C)(O)c1ccccc1C2=O.Cc1c2ccccc2c(C)c2c(/C=C\C=O)coc12.Cc1c2ccccc2c(C)c2c(/C=C\CO)coc12. The maximum atomic E-state index is 12.5. The Morgan fingerprint density at radius 2 is 0.602 bits per heavy atom. The summed E-state index contributed by atoms with van der Waals surface area (Å²) in [5.41, 5.74) is 14.3. The van der Waals surface area contributed by atoms with Gasteiger partial charge in [0.2, 0.25) is 17.3 Å². The van der Waals surface area contributed by atoms with E-state index in [1.807, 2.05) is 30.3 Å². The Labute approximate surface area is 707 Å². The first-order chi connectivity index (χ1) is 59.2. The minimum atomic E-state index is -1.39. The van der Waals surface area contributed by atoms with Gasteiger partial charge in [0.25, 0.3) is 0 Å². The van der Waals surface area contributed by atoms with E-state index in [2.05, 4.69) is 90.1 Å². The highest BCUT2D eigenvalue weighted by Crippen LogP contribution is 2.47. The number of esters is 2. The highest BCUT2D eigenvalue weighted by atomic mass is 16.5. The van der Waals surface area contributed by atoms with Crippen molar-refractivity contribution in [1.82, 2.24) is 0 Å². The lowest BCUT2D eigenvalue weighted by molar-refractivity contribution is -0.138. The molecule has 622 valence electrons. The number of aliphatic hydroxyl groups is 5. The van der Waals surface area contributed by atoms with Crippen LogP contribution in [0.2, 0.25) is 0 Å². The number of fused-ring (bicyclic) bond motifs is 12. The van der Waals surface area contributed by atoms with Gasteiger partial charge in [0.05, 0.1) is 64.0 Å². The molecule has 3 aliphatic carbocycles. The van der Waals surface area contributed by atoms with Crippen LogP contribution in [0.15, 0.2) is 246 Å². The number of carbonyl (C=O) groups excluding carboxylic acids is 7. The van der Waals surface area contributed by atoms with E-state index in [-0.39, 0.29) is 60.4 Å². The van der Waals surface area contributed by atoms with Crippen LogP contribution in [0.4, 0.5) is 0 Å². The molecule has 0 radical (unpaired) electrons. The molecule has 3 aliphatic rings.